The van der Waals surface area contributed by atoms with E-state index in [9.17, 15) is 4.79 Å². The van der Waals surface area contributed by atoms with E-state index >= 15 is 0 Å². The molecule has 1 rings (SSSR count). The standard InChI is InChI=1S/C16H29N3O2S/c1-13-7-6-8-14(13)16(20)21-12-5-3-2-4-11-19(18)15(22)9-10-17/h9-10,13-14H,2-8,11-12,17-18H2,1H3/b10-9-. The summed E-state index contributed by atoms with van der Waals surface area (Å²) in [4.78, 5) is 12.4. The minimum Gasteiger partial charge on any atom is -0.465 e. The second kappa shape index (κ2) is 10.6. The fourth-order valence-electron chi connectivity index (χ4n) is 2.80. The molecule has 0 aromatic rings. The van der Waals surface area contributed by atoms with E-state index < -0.39 is 0 Å². The number of nitrogens with two attached hydrogens (primary N) is 2. The first-order valence-corrected chi connectivity index (χ1v) is 8.58. The van der Waals surface area contributed by atoms with Crippen LogP contribution in [0.25, 0.3) is 0 Å². The number of nitrogens with zero attached hydrogens (tertiary/aromatic N) is 1. The Morgan fingerprint density at radius 1 is 1.32 bits per heavy atom. The molecule has 0 spiro atoms. The van der Waals surface area contributed by atoms with E-state index in [1.807, 2.05) is 0 Å². The molecule has 1 aliphatic rings. The quantitative estimate of drug-likeness (QED) is 0.169. The largest absolute Gasteiger partial charge is 0.465 e. The Labute approximate surface area is 139 Å². The van der Waals surface area contributed by atoms with E-state index in [0.29, 0.717) is 24.1 Å². The summed E-state index contributed by atoms with van der Waals surface area (Å²) in [5.41, 5.74) is 5.26. The second-order valence-corrected chi connectivity index (χ2v) is 6.41. The lowest BCUT2D eigenvalue weighted by molar-refractivity contribution is -0.149. The zero-order valence-corrected chi connectivity index (χ0v) is 14.3. The van der Waals surface area contributed by atoms with Gasteiger partial charge < -0.3 is 15.5 Å². The topological polar surface area (TPSA) is 81.6 Å². The van der Waals surface area contributed by atoms with Gasteiger partial charge in [-0.05, 0) is 50.3 Å². The van der Waals surface area contributed by atoms with Crippen LogP contribution in [0.5, 0.6) is 0 Å². The highest BCUT2D eigenvalue weighted by atomic mass is 32.1. The van der Waals surface area contributed by atoms with Gasteiger partial charge in [-0.25, -0.2) is 5.84 Å². The molecular weight excluding hydrogens is 298 g/mol. The summed E-state index contributed by atoms with van der Waals surface area (Å²) in [5.74, 6) is 6.39. The third-order valence-electron chi connectivity index (χ3n) is 4.22. The molecule has 0 amide bonds. The molecule has 0 heterocycles. The zero-order chi connectivity index (χ0) is 16.4. The van der Waals surface area contributed by atoms with E-state index in [-0.39, 0.29) is 11.9 Å². The van der Waals surface area contributed by atoms with Gasteiger partial charge in [0.15, 0.2) is 0 Å². The zero-order valence-electron chi connectivity index (χ0n) is 13.5. The monoisotopic (exact) mass is 327 g/mol. The molecule has 0 aliphatic heterocycles. The van der Waals surface area contributed by atoms with Crippen LogP contribution in [0.2, 0.25) is 0 Å². The number of esters is 1. The molecule has 4 N–H and O–H groups in total. The Balaban J connectivity index is 1.99. The predicted octanol–water partition coefficient (Wildman–Crippen LogP) is 2.50. The smallest absolute Gasteiger partial charge is 0.309 e. The maximum absolute atomic E-state index is 11.9. The Morgan fingerprint density at radius 3 is 2.68 bits per heavy atom. The number of hydrazine groups is 1. The molecule has 0 aromatic heterocycles. The van der Waals surface area contributed by atoms with Gasteiger partial charge in [-0.1, -0.05) is 32.0 Å². The normalized spacial score (nSPS) is 21.2. The first-order valence-electron chi connectivity index (χ1n) is 8.17. The van der Waals surface area contributed by atoms with Gasteiger partial charge in [0.2, 0.25) is 0 Å². The Kier molecular flexibility index (Phi) is 9.08. The first kappa shape index (κ1) is 18.9. The van der Waals surface area contributed by atoms with Crippen molar-refractivity contribution in [1.29, 1.82) is 0 Å². The van der Waals surface area contributed by atoms with Crippen molar-refractivity contribution in [1.82, 2.24) is 5.01 Å². The van der Waals surface area contributed by atoms with Crippen LogP contribution >= 0.6 is 12.2 Å². The summed E-state index contributed by atoms with van der Waals surface area (Å²) >= 11 is 5.06. The van der Waals surface area contributed by atoms with E-state index in [0.717, 1.165) is 44.9 Å². The van der Waals surface area contributed by atoms with Gasteiger partial charge in [0.1, 0.15) is 4.99 Å². The fourth-order valence-corrected chi connectivity index (χ4v) is 2.97. The average Bonchev–Trinajstić information content (AvgIpc) is 2.92. The number of unbranched alkanes of at least 4 members (excludes halogenated alkanes) is 3. The molecule has 0 saturated heterocycles. The van der Waals surface area contributed by atoms with Gasteiger partial charge in [0, 0.05) is 6.54 Å². The van der Waals surface area contributed by atoms with Crippen molar-refractivity contribution in [3.8, 4) is 0 Å². The molecule has 1 saturated carbocycles. The highest BCUT2D eigenvalue weighted by Gasteiger charge is 2.30. The lowest BCUT2D eigenvalue weighted by Crippen LogP contribution is -2.35. The maximum atomic E-state index is 11.9. The molecule has 1 aliphatic carbocycles. The third kappa shape index (κ3) is 6.75. The fraction of sp³-hybridized carbons (Fsp3) is 0.750. The number of ether oxygens (including phenoxy) is 1. The SMILES string of the molecule is CC1CCCC1C(=O)OCCCCCCN(N)C(=S)/C=C\N. The lowest BCUT2D eigenvalue weighted by atomic mass is 9.99. The Hall–Kier alpha value is -1.14. The van der Waals surface area contributed by atoms with E-state index in [1.165, 1.54) is 11.2 Å². The third-order valence-corrected chi connectivity index (χ3v) is 4.59. The van der Waals surface area contributed by atoms with Crippen molar-refractivity contribution < 1.29 is 9.53 Å². The summed E-state index contributed by atoms with van der Waals surface area (Å²) in [6.07, 6.45) is 10.2. The minimum absolute atomic E-state index is 0.00273. The molecule has 2 atom stereocenters. The molecular formula is C16H29N3O2S. The summed E-state index contributed by atoms with van der Waals surface area (Å²) in [7, 11) is 0. The molecule has 126 valence electrons. The van der Waals surface area contributed by atoms with Crippen molar-refractivity contribution in [2.75, 3.05) is 13.2 Å². The summed E-state index contributed by atoms with van der Waals surface area (Å²) in [5, 5.41) is 1.53. The van der Waals surface area contributed by atoms with Crippen molar-refractivity contribution in [2.24, 2.45) is 23.4 Å². The van der Waals surface area contributed by atoms with Gasteiger partial charge in [0.05, 0.1) is 12.5 Å². The molecule has 1 fully saturated rings. The van der Waals surface area contributed by atoms with Gasteiger partial charge >= 0.3 is 5.97 Å². The molecule has 22 heavy (non-hydrogen) atoms. The summed E-state index contributed by atoms with van der Waals surface area (Å²) < 4.78 is 5.38. The van der Waals surface area contributed by atoms with Crippen molar-refractivity contribution >= 4 is 23.2 Å². The highest BCUT2D eigenvalue weighted by Crippen LogP contribution is 2.31. The molecule has 6 heteroatoms. The van der Waals surface area contributed by atoms with E-state index in [2.05, 4.69) is 6.92 Å². The van der Waals surface area contributed by atoms with Crippen LogP contribution in [0.3, 0.4) is 0 Å². The van der Waals surface area contributed by atoms with Crippen molar-refractivity contribution in [3.05, 3.63) is 12.3 Å². The molecule has 5 nitrogen and oxygen atoms in total. The van der Waals surface area contributed by atoms with Gasteiger partial charge in [0.25, 0.3) is 0 Å². The Bertz CT molecular complexity index is 388. The van der Waals surface area contributed by atoms with E-state index in [1.54, 1.807) is 6.08 Å². The first-order chi connectivity index (χ1) is 10.6. The van der Waals surface area contributed by atoms with Crippen LogP contribution in [-0.4, -0.2) is 29.1 Å². The van der Waals surface area contributed by atoms with Crippen LogP contribution in [0.1, 0.15) is 51.9 Å². The number of carbonyl (C=O) groups excluding carboxylic acids is 1. The molecule has 0 aromatic carbocycles. The van der Waals surface area contributed by atoms with Gasteiger partial charge in [-0.15, -0.1) is 0 Å². The molecule has 0 bridgehead atoms. The van der Waals surface area contributed by atoms with Crippen LogP contribution in [0.15, 0.2) is 12.3 Å². The van der Waals surface area contributed by atoms with Gasteiger partial charge in [-0.3, -0.25) is 4.79 Å². The van der Waals surface area contributed by atoms with E-state index in [4.69, 9.17) is 28.5 Å². The van der Waals surface area contributed by atoms with Crippen LogP contribution in [0, 0.1) is 11.8 Å². The maximum Gasteiger partial charge on any atom is 0.309 e. The van der Waals surface area contributed by atoms with Crippen molar-refractivity contribution in [3.63, 3.8) is 0 Å². The number of carbonyl (C=O) groups is 1. The summed E-state index contributed by atoms with van der Waals surface area (Å²) in [6.45, 7) is 3.38. The number of hydrogen-bond donors (Lipinski definition) is 2. The predicted molar refractivity (Wildman–Crippen MR) is 92.8 cm³/mol. The molecule has 0 radical (unpaired) electrons. The van der Waals surface area contributed by atoms with Crippen LogP contribution in [-0.2, 0) is 9.53 Å². The Morgan fingerprint density at radius 2 is 2.05 bits per heavy atom. The highest BCUT2D eigenvalue weighted by molar-refractivity contribution is 7.80. The molecule has 2 unspecified atom stereocenters. The number of thiocarbonyl (C=S) groups is 1. The minimum atomic E-state index is -0.00273. The summed E-state index contributed by atoms with van der Waals surface area (Å²) in [6, 6.07) is 0. The number of rotatable bonds is 9. The van der Waals surface area contributed by atoms with Gasteiger partial charge in [-0.2, -0.15) is 0 Å². The van der Waals surface area contributed by atoms with Crippen LogP contribution < -0.4 is 11.6 Å². The lowest BCUT2D eigenvalue weighted by Gasteiger charge is -2.17. The van der Waals surface area contributed by atoms with Crippen molar-refractivity contribution in [2.45, 2.75) is 51.9 Å². The van der Waals surface area contributed by atoms with Crippen LogP contribution in [0.4, 0.5) is 0 Å². The number of hydrogen-bond acceptors (Lipinski definition) is 5. The second-order valence-electron chi connectivity index (χ2n) is 5.99. The average molecular weight is 327 g/mol.